The van der Waals surface area contributed by atoms with Crippen LogP contribution in [0.5, 0.6) is 5.75 Å². The van der Waals surface area contributed by atoms with E-state index in [1.165, 1.54) is 0 Å². The number of hydrogen-bond acceptors (Lipinski definition) is 4. The van der Waals surface area contributed by atoms with E-state index in [1.807, 2.05) is 34.6 Å². The molecule has 0 heterocycles. The standard InChI is InChI=1S/C24H31N3O4/c1-15(2)20(27-21(28)16-10-12-19(31-6)13-11-16)22(29)25-17-8-7-9-18(14-17)26-23(30)24(3,4)5/h7-15,20H,1-6H3,(H,25,29)(H,26,30)(H,27,28). The Balaban J connectivity index is 2.09. The van der Waals surface area contributed by atoms with Gasteiger partial charge in [0.2, 0.25) is 11.8 Å². The summed E-state index contributed by atoms with van der Waals surface area (Å²) in [6, 6.07) is 12.8. The number of nitrogens with one attached hydrogen (secondary N) is 3. The van der Waals surface area contributed by atoms with Gasteiger partial charge in [-0.1, -0.05) is 40.7 Å². The van der Waals surface area contributed by atoms with E-state index < -0.39 is 11.5 Å². The fraction of sp³-hybridized carbons (Fsp3) is 0.375. The number of anilines is 2. The Bertz CT molecular complexity index is 931. The maximum atomic E-state index is 12.9. The molecule has 0 radical (unpaired) electrons. The summed E-state index contributed by atoms with van der Waals surface area (Å²) < 4.78 is 5.10. The van der Waals surface area contributed by atoms with Gasteiger partial charge in [-0.15, -0.1) is 0 Å². The van der Waals surface area contributed by atoms with Crippen molar-refractivity contribution < 1.29 is 19.1 Å². The quantitative estimate of drug-likeness (QED) is 0.623. The molecular weight excluding hydrogens is 394 g/mol. The molecule has 0 aliphatic rings. The summed E-state index contributed by atoms with van der Waals surface area (Å²) in [6.07, 6.45) is 0. The Kier molecular flexibility index (Phi) is 7.80. The molecular formula is C24H31N3O4. The smallest absolute Gasteiger partial charge is 0.251 e. The predicted octanol–water partition coefficient (Wildman–Crippen LogP) is 4.07. The van der Waals surface area contributed by atoms with Gasteiger partial charge in [-0.2, -0.15) is 0 Å². The molecule has 3 N–H and O–H groups in total. The van der Waals surface area contributed by atoms with Crippen molar-refractivity contribution in [3.8, 4) is 5.75 Å². The number of hydrogen-bond donors (Lipinski definition) is 3. The van der Waals surface area contributed by atoms with Gasteiger partial charge in [0.15, 0.2) is 0 Å². The van der Waals surface area contributed by atoms with Gasteiger partial charge in [0.1, 0.15) is 11.8 Å². The third-order valence-corrected chi connectivity index (χ3v) is 4.66. The highest BCUT2D eigenvalue weighted by molar-refractivity contribution is 6.02. The zero-order chi connectivity index (χ0) is 23.2. The Labute approximate surface area is 183 Å². The molecule has 3 amide bonds. The Morgan fingerprint density at radius 1 is 0.903 bits per heavy atom. The summed E-state index contributed by atoms with van der Waals surface area (Å²) in [5.41, 5.74) is 1.02. The third-order valence-electron chi connectivity index (χ3n) is 4.66. The molecule has 0 bridgehead atoms. The second-order valence-electron chi connectivity index (χ2n) is 8.70. The number of carbonyl (C=O) groups is 3. The molecule has 0 saturated carbocycles. The minimum Gasteiger partial charge on any atom is -0.497 e. The van der Waals surface area contributed by atoms with Crippen LogP contribution >= 0.6 is 0 Å². The highest BCUT2D eigenvalue weighted by atomic mass is 16.5. The highest BCUT2D eigenvalue weighted by Gasteiger charge is 2.25. The van der Waals surface area contributed by atoms with E-state index in [0.29, 0.717) is 22.7 Å². The summed E-state index contributed by atoms with van der Waals surface area (Å²) in [6.45, 7) is 9.20. The molecule has 2 aromatic carbocycles. The third kappa shape index (κ3) is 6.84. The molecule has 31 heavy (non-hydrogen) atoms. The van der Waals surface area contributed by atoms with Gasteiger partial charge in [-0.25, -0.2) is 0 Å². The van der Waals surface area contributed by atoms with Gasteiger partial charge < -0.3 is 20.7 Å². The maximum Gasteiger partial charge on any atom is 0.251 e. The van der Waals surface area contributed by atoms with Crippen molar-refractivity contribution in [2.75, 3.05) is 17.7 Å². The van der Waals surface area contributed by atoms with Crippen LogP contribution in [0.3, 0.4) is 0 Å². The van der Waals surface area contributed by atoms with Crippen molar-refractivity contribution in [1.29, 1.82) is 0 Å². The Morgan fingerprint density at radius 3 is 2.00 bits per heavy atom. The second kappa shape index (κ2) is 10.1. The van der Waals surface area contributed by atoms with E-state index in [9.17, 15) is 14.4 Å². The topological polar surface area (TPSA) is 96.5 Å². The van der Waals surface area contributed by atoms with Crippen molar-refractivity contribution in [1.82, 2.24) is 5.32 Å². The first-order valence-corrected chi connectivity index (χ1v) is 10.2. The van der Waals surface area contributed by atoms with Crippen LogP contribution < -0.4 is 20.7 Å². The monoisotopic (exact) mass is 425 g/mol. The molecule has 2 aromatic rings. The zero-order valence-electron chi connectivity index (χ0n) is 18.9. The van der Waals surface area contributed by atoms with E-state index in [1.54, 1.807) is 55.6 Å². The summed E-state index contributed by atoms with van der Waals surface area (Å²) in [5, 5.41) is 8.46. The van der Waals surface area contributed by atoms with Gasteiger partial charge in [0.05, 0.1) is 7.11 Å². The fourth-order valence-electron chi connectivity index (χ4n) is 2.72. The van der Waals surface area contributed by atoms with E-state index >= 15 is 0 Å². The van der Waals surface area contributed by atoms with Crippen LogP contribution in [-0.4, -0.2) is 30.9 Å². The molecule has 1 atom stereocenters. The first-order chi connectivity index (χ1) is 14.5. The van der Waals surface area contributed by atoms with Gasteiger partial charge in [-0.05, 0) is 48.4 Å². The molecule has 0 aliphatic heterocycles. The molecule has 7 nitrogen and oxygen atoms in total. The lowest BCUT2D eigenvalue weighted by atomic mass is 9.95. The summed E-state index contributed by atoms with van der Waals surface area (Å²) in [5.74, 6) is -0.291. The molecule has 0 saturated heterocycles. The number of rotatable bonds is 7. The fourth-order valence-corrected chi connectivity index (χ4v) is 2.72. The van der Waals surface area contributed by atoms with Gasteiger partial charge in [-0.3, -0.25) is 14.4 Å². The lowest BCUT2D eigenvalue weighted by Crippen LogP contribution is -2.47. The summed E-state index contributed by atoms with van der Waals surface area (Å²) in [7, 11) is 1.55. The molecule has 1 unspecified atom stereocenters. The van der Waals surface area contributed by atoms with Gasteiger partial charge in [0, 0.05) is 22.4 Å². The second-order valence-corrected chi connectivity index (χ2v) is 8.70. The van der Waals surface area contributed by atoms with Gasteiger partial charge >= 0.3 is 0 Å². The number of carbonyl (C=O) groups excluding carboxylic acids is 3. The minimum atomic E-state index is -0.734. The molecule has 0 aliphatic carbocycles. The van der Waals surface area contributed by atoms with Crippen LogP contribution in [0.2, 0.25) is 0 Å². The van der Waals surface area contributed by atoms with E-state index in [4.69, 9.17) is 4.74 Å². The number of ether oxygens (including phenoxy) is 1. The van der Waals surface area contributed by atoms with Crippen LogP contribution in [-0.2, 0) is 9.59 Å². The minimum absolute atomic E-state index is 0.122. The molecule has 0 aromatic heterocycles. The van der Waals surface area contributed by atoms with Crippen LogP contribution in [0.15, 0.2) is 48.5 Å². The normalized spacial score (nSPS) is 12.1. The van der Waals surface area contributed by atoms with Crippen LogP contribution in [0.4, 0.5) is 11.4 Å². The molecule has 0 fully saturated rings. The van der Waals surface area contributed by atoms with Crippen LogP contribution in [0, 0.1) is 11.3 Å². The first-order valence-electron chi connectivity index (χ1n) is 10.2. The first kappa shape index (κ1) is 23.9. The number of amides is 3. The van der Waals surface area contributed by atoms with Crippen molar-refractivity contribution in [2.24, 2.45) is 11.3 Å². The number of benzene rings is 2. The molecule has 7 heteroatoms. The largest absolute Gasteiger partial charge is 0.497 e. The lowest BCUT2D eigenvalue weighted by Gasteiger charge is -2.22. The summed E-state index contributed by atoms with van der Waals surface area (Å²) >= 11 is 0. The van der Waals surface area contributed by atoms with E-state index in [0.717, 1.165) is 0 Å². The lowest BCUT2D eigenvalue weighted by molar-refractivity contribution is -0.123. The molecule has 166 valence electrons. The zero-order valence-corrected chi connectivity index (χ0v) is 18.9. The van der Waals surface area contributed by atoms with Crippen molar-refractivity contribution in [2.45, 2.75) is 40.7 Å². The van der Waals surface area contributed by atoms with E-state index in [2.05, 4.69) is 16.0 Å². The molecule has 2 rings (SSSR count). The molecule has 0 spiro atoms. The average Bonchev–Trinajstić information content (AvgIpc) is 2.71. The van der Waals surface area contributed by atoms with Gasteiger partial charge in [0.25, 0.3) is 5.91 Å². The van der Waals surface area contributed by atoms with E-state index in [-0.39, 0.29) is 23.6 Å². The van der Waals surface area contributed by atoms with Crippen molar-refractivity contribution in [3.63, 3.8) is 0 Å². The highest BCUT2D eigenvalue weighted by Crippen LogP contribution is 2.20. The SMILES string of the molecule is COc1ccc(C(=O)NC(C(=O)Nc2cccc(NC(=O)C(C)(C)C)c2)C(C)C)cc1. The van der Waals surface area contributed by atoms with Crippen LogP contribution in [0.25, 0.3) is 0 Å². The maximum absolute atomic E-state index is 12.9. The van der Waals surface area contributed by atoms with Crippen LogP contribution in [0.1, 0.15) is 45.0 Å². The van der Waals surface area contributed by atoms with Crippen molar-refractivity contribution >= 4 is 29.1 Å². The Morgan fingerprint density at radius 2 is 1.48 bits per heavy atom. The summed E-state index contributed by atoms with van der Waals surface area (Å²) in [4.78, 5) is 37.7. The number of methoxy groups -OCH3 is 1. The predicted molar refractivity (Wildman–Crippen MR) is 122 cm³/mol. The Hall–Kier alpha value is -3.35. The average molecular weight is 426 g/mol. The van der Waals surface area contributed by atoms with Crippen molar-refractivity contribution in [3.05, 3.63) is 54.1 Å².